The van der Waals surface area contributed by atoms with Crippen molar-refractivity contribution in [3.8, 4) is 0 Å². The van der Waals surface area contributed by atoms with Gasteiger partial charge in [-0.3, -0.25) is 14.5 Å². The monoisotopic (exact) mass is 336 g/mol. The van der Waals surface area contributed by atoms with Gasteiger partial charge in [0.2, 0.25) is 5.91 Å². The third-order valence-electron chi connectivity index (χ3n) is 3.73. The van der Waals surface area contributed by atoms with Crippen molar-refractivity contribution in [3.05, 3.63) is 46.0 Å². The van der Waals surface area contributed by atoms with Crippen molar-refractivity contribution in [3.63, 3.8) is 0 Å². The number of allylic oxidation sites excluding steroid dienone is 5. The first-order valence-corrected chi connectivity index (χ1v) is 7.98. The number of amides is 2. The minimum atomic E-state index is -0.273. The van der Waals surface area contributed by atoms with E-state index < -0.39 is 0 Å². The van der Waals surface area contributed by atoms with Gasteiger partial charge in [0.1, 0.15) is 12.3 Å². The molecule has 0 aromatic heterocycles. The summed E-state index contributed by atoms with van der Waals surface area (Å²) in [6.45, 7) is 3.77. The number of carbonyl (C=O) groups is 2. The van der Waals surface area contributed by atoms with Crippen LogP contribution in [0.1, 0.15) is 33.1 Å². The van der Waals surface area contributed by atoms with E-state index in [1.165, 1.54) is 12.0 Å². The molecule has 2 aliphatic rings. The highest BCUT2D eigenvalue weighted by Crippen LogP contribution is 2.29. The Hall–Kier alpha value is -2.01. The number of hydrogen-bond acceptors (Lipinski definition) is 3. The highest BCUT2D eigenvalue weighted by Gasteiger charge is 2.30. The first kappa shape index (κ1) is 17.3. The predicted molar refractivity (Wildman–Crippen MR) is 89.2 cm³/mol. The van der Waals surface area contributed by atoms with Gasteiger partial charge in [-0.15, -0.1) is 0 Å². The fourth-order valence-corrected chi connectivity index (χ4v) is 2.79. The Kier molecular flexibility index (Phi) is 5.66. The minimum absolute atomic E-state index is 0.0223. The largest absolute Gasteiger partial charge is 0.500 e. The van der Waals surface area contributed by atoms with Crippen LogP contribution in [0.3, 0.4) is 0 Å². The van der Waals surface area contributed by atoms with Crippen molar-refractivity contribution in [2.24, 2.45) is 0 Å². The summed E-state index contributed by atoms with van der Waals surface area (Å²) in [7, 11) is 1.54. The minimum Gasteiger partial charge on any atom is -0.500 e. The summed E-state index contributed by atoms with van der Waals surface area (Å²) < 4.78 is 5.33. The number of methoxy groups -OCH3 is 1. The molecule has 0 aromatic rings. The maximum absolute atomic E-state index is 13.0. The van der Waals surface area contributed by atoms with Crippen LogP contribution in [0.5, 0.6) is 0 Å². The number of rotatable bonds is 4. The Balaban J connectivity index is 2.43. The van der Waals surface area contributed by atoms with Crippen molar-refractivity contribution in [1.29, 1.82) is 0 Å². The topological polar surface area (TPSA) is 58.6 Å². The van der Waals surface area contributed by atoms with E-state index in [2.05, 4.69) is 5.32 Å². The van der Waals surface area contributed by atoms with Crippen LogP contribution in [0.2, 0.25) is 0 Å². The molecule has 0 unspecified atom stereocenters. The van der Waals surface area contributed by atoms with E-state index in [-0.39, 0.29) is 18.4 Å². The summed E-state index contributed by atoms with van der Waals surface area (Å²) in [4.78, 5) is 26.3. The van der Waals surface area contributed by atoms with Gasteiger partial charge in [0.05, 0.1) is 18.4 Å². The lowest BCUT2D eigenvalue weighted by atomic mass is 10.0. The second-order valence-electron chi connectivity index (χ2n) is 5.39. The van der Waals surface area contributed by atoms with E-state index in [0.29, 0.717) is 40.6 Å². The molecule has 1 aliphatic heterocycles. The van der Waals surface area contributed by atoms with Gasteiger partial charge in [-0.2, -0.15) is 0 Å². The fourth-order valence-electron chi connectivity index (χ4n) is 2.58. The Morgan fingerprint density at radius 1 is 1.48 bits per heavy atom. The summed E-state index contributed by atoms with van der Waals surface area (Å²) in [6, 6.07) is 0. The molecule has 1 heterocycles. The van der Waals surface area contributed by atoms with Gasteiger partial charge < -0.3 is 10.1 Å². The van der Waals surface area contributed by atoms with Gasteiger partial charge in [0.25, 0.3) is 5.91 Å². The lowest BCUT2D eigenvalue weighted by Gasteiger charge is -2.31. The zero-order valence-corrected chi connectivity index (χ0v) is 14.4. The van der Waals surface area contributed by atoms with Crippen molar-refractivity contribution >= 4 is 23.4 Å². The lowest BCUT2D eigenvalue weighted by molar-refractivity contribution is -0.132. The van der Waals surface area contributed by atoms with Gasteiger partial charge in [0, 0.05) is 17.2 Å². The number of ether oxygens (including phenoxy) is 1. The molecule has 0 fully saturated rings. The Morgan fingerprint density at radius 2 is 2.22 bits per heavy atom. The maximum atomic E-state index is 13.0. The molecule has 0 bridgehead atoms. The fraction of sp³-hybridized carbons (Fsp3) is 0.412. The highest BCUT2D eigenvalue weighted by atomic mass is 35.5. The number of nitrogens with zero attached hydrogens (tertiary/aromatic N) is 1. The third-order valence-corrected chi connectivity index (χ3v) is 4.03. The van der Waals surface area contributed by atoms with Gasteiger partial charge in [0.15, 0.2) is 0 Å². The van der Waals surface area contributed by atoms with Crippen molar-refractivity contribution in [2.45, 2.75) is 33.1 Å². The number of nitrogens with one attached hydrogen (secondary N) is 1. The molecule has 1 aliphatic carbocycles. The van der Waals surface area contributed by atoms with E-state index in [4.69, 9.17) is 16.3 Å². The SMILES string of the molecule is CC/C=C\C1=C(C)NC(=O)CN1C(=O)C1=C(OC)CCC(Cl)=C1. The van der Waals surface area contributed by atoms with E-state index >= 15 is 0 Å². The van der Waals surface area contributed by atoms with E-state index in [0.717, 1.165) is 6.42 Å². The van der Waals surface area contributed by atoms with Crippen LogP contribution in [-0.2, 0) is 14.3 Å². The van der Waals surface area contributed by atoms with Crippen molar-refractivity contribution in [1.82, 2.24) is 10.2 Å². The molecule has 0 atom stereocenters. The van der Waals surface area contributed by atoms with Gasteiger partial charge in [-0.05, 0) is 31.9 Å². The average Bonchev–Trinajstić information content (AvgIpc) is 2.52. The summed E-state index contributed by atoms with van der Waals surface area (Å²) in [5.41, 5.74) is 1.76. The molecule has 2 amide bonds. The second kappa shape index (κ2) is 7.51. The molecule has 0 aromatic carbocycles. The zero-order valence-electron chi connectivity index (χ0n) is 13.6. The molecule has 23 heavy (non-hydrogen) atoms. The summed E-state index contributed by atoms with van der Waals surface area (Å²) in [5, 5.41) is 3.38. The molecule has 2 rings (SSSR count). The molecule has 6 heteroatoms. The van der Waals surface area contributed by atoms with Crippen LogP contribution < -0.4 is 5.32 Å². The van der Waals surface area contributed by atoms with Crippen LogP contribution in [-0.4, -0.2) is 30.4 Å². The number of carbonyl (C=O) groups excluding carboxylic acids is 2. The molecule has 0 saturated heterocycles. The molecule has 0 radical (unpaired) electrons. The van der Waals surface area contributed by atoms with Gasteiger partial charge >= 0.3 is 0 Å². The van der Waals surface area contributed by atoms with Crippen molar-refractivity contribution in [2.75, 3.05) is 13.7 Å². The Labute approximate surface area is 141 Å². The standard InChI is InChI=1S/C17H21ClN2O3/c1-4-5-6-14-11(2)19-16(21)10-20(14)17(22)13-9-12(18)7-8-15(13)23-3/h5-6,9H,4,7-8,10H2,1-3H3,(H,19,21)/b6-5-. The predicted octanol–water partition coefficient (Wildman–Crippen LogP) is 2.96. The molecule has 0 spiro atoms. The summed E-state index contributed by atoms with van der Waals surface area (Å²) in [6.07, 6.45) is 7.51. The Bertz CT molecular complexity index is 644. The number of halogens is 1. The van der Waals surface area contributed by atoms with E-state index in [9.17, 15) is 9.59 Å². The summed E-state index contributed by atoms with van der Waals surface area (Å²) >= 11 is 6.09. The lowest BCUT2D eigenvalue weighted by Crippen LogP contribution is -2.45. The first-order chi connectivity index (χ1) is 11.0. The zero-order chi connectivity index (χ0) is 17.0. The van der Waals surface area contributed by atoms with Crippen LogP contribution in [0.25, 0.3) is 0 Å². The van der Waals surface area contributed by atoms with E-state index in [1.807, 2.05) is 19.1 Å². The summed E-state index contributed by atoms with van der Waals surface area (Å²) in [5.74, 6) is 0.112. The molecule has 5 nitrogen and oxygen atoms in total. The molecule has 0 saturated carbocycles. The molecule has 1 N–H and O–H groups in total. The average molecular weight is 337 g/mol. The second-order valence-corrected chi connectivity index (χ2v) is 5.88. The van der Waals surface area contributed by atoms with E-state index in [1.54, 1.807) is 13.0 Å². The Morgan fingerprint density at radius 3 is 2.87 bits per heavy atom. The maximum Gasteiger partial charge on any atom is 0.262 e. The number of hydrogen-bond donors (Lipinski definition) is 1. The highest BCUT2D eigenvalue weighted by molar-refractivity contribution is 6.30. The third kappa shape index (κ3) is 3.85. The van der Waals surface area contributed by atoms with Crippen LogP contribution in [0.4, 0.5) is 0 Å². The van der Waals surface area contributed by atoms with Gasteiger partial charge in [-0.1, -0.05) is 24.6 Å². The molecule has 124 valence electrons. The molecular formula is C17H21ClN2O3. The van der Waals surface area contributed by atoms with Crippen LogP contribution >= 0.6 is 11.6 Å². The normalized spacial score (nSPS) is 19.2. The van der Waals surface area contributed by atoms with Gasteiger partial charge in [-0.25, -0.2) is 0 Å². The molecular weight excluding hydrogens is 316 g/mol. The van der Waals surface area contributed by atoms with Crippen molar-refractivity contribution < 1.29 is 14.3 Å². The van der Waals surface area contributed by atoms with Crippen LogP contribution in [0.15, 0.2) is 46.0 Å². The van der Waals surface area contributed by atoms with Crippen LogP contribution in [0, 0.1) is 0 Å². The smallest absolute Gasteiger partial charge is 0.262 e. The quantitative estimate of drug-likeness (QED) is 0.858. The first-order valence-electron chi connectivity index (χ1n) is 7.60.